The molecule has 0 spiro atoms. The van der Waals surface area contributed by atoms with E-state index in [1.807, 2.05) is 0 Å². The third-order valence-electron chi connectivity index (χ3n) is 4.73. The van der Waals surface area contributed by atoms with E-state index in [1.54, 1.807) is 24.3 Å². The zero-order valence-corrected chi connectivity index (χ0v) is 14.9. The van der Waals surface area contributed by atoms with Crippen molar-refractivity contribution in [2.75, 3.05) is 0 Å². The van der Waals surface area contributed by atoms with Crippen molar-refractivity contribution in [3.63, 3.8) is 0 Å². The molecule has 1 aliphatic rings. The van der Waals surface area contributed by atoms with Gasteiger partial charge < -0.3 is 20.5 Å². The molecule has 0 fully saturated rings. The monoisotopic (exact) mass is 385 g/mol. The molecule has 2 amide bonds. The van der Waals surface area contributed by atoms with Crippen LogP contribution in [-0.4, -0.2) is 16.8 Å². The van der Waals surface area contributed by atoms with Gasteiger partial charge in [0.15, 0.2) is 5.76 Å². The van der Waals surface area contributed by atoms with Crippen molar-refractivity contribution in [1.29, 1.82) is 0 Å². The lowest BCUT2D eigenvalue weighted by Crippen LogP contribution is -2.34. The highest BCUT2D eigenvalue weighted by Gasteiger charge is 2.26. The molecule has 1 aliphatic carbocycles. The van der Waals surface area contributed by atoms with E-state index >= 15 is 0 Å². The number of halogens is 1. The van der Waals surface area contributed by atoms with Crippen molar-refractivity contribution in [3.8, 4) is 0 Å². The molecule has 3 aromatic rings. The number of aromatic amines is 1. The Morgan fingerprint density at radius 2 is 2.07 bits per heavy atom. The normalized spacial score (nSPS) is 16.1. The Morgan fingerprint density at radius 3 is 2.85 bits per heavy atom. The second-order valence-electron chi connectivity index (χ2n) is 6.52. The standard InChI is InChI=1S/C19H16ClN3O4/c20-10-4-5-15-9(6-10)7-16(27-15)19(26)23-14-3-1-2-13-11(14)8-12(17(21)24)18(25)22-13/h4-8,14H,1-3H2,(H2,21,24)(H,22,25)(H,23,26). The van der Waals surface area contributed by atoms with Gasteiger partial charge in [0.1, 0.15) is 11.1 Å². The summed E-state index contributed by atoms with van der Waals surface area (Å²) in [6.07, 6.45) is 2.13. The van der Waals surface area contributed by atoms with Crippen LogP contribution in [0.3, 0.4) is 0 Å². The number of hydrogen-bond acceptors (Lipinski definition) is 4. The molecule has 4 rings (SSSR count). The summed E-state index contributed by atoms with van der Waals surface area (Å²) in [6, 6.07) is 7.85. The van der Waals surface area contributed by atoms with Crippen LogP contribution >= 0.6 is 11.6 Å². The number of fused-ring (bicyclic) bond motifs is 2. The van der Waals surface area contributed by atoms with Gasteiger partial charge in [0.2, 0.25) is 0 Å². The van der Waals surface area contributed by atoms with Crippen LogP contribution in [0.5, 0.6) is 0 Å². The average molecular weight is 386 g/mol. The number of primary amides is 1. The molecule has 2 heterocycles. The molecule has 2 aromatic heterocycles. The quantitative estimate of drug-likeness (QED) is 0.642. The molecule has 0 bridgehead atoms. The van der Waals surface area contributed by atoms with Crippen molar-refractivity contribution in [2.24, 2.45) is 5.73 Å². The van der Waals surface area contributed by atoms with Gasteiger partial charge >= 0.3 is 0 Å². The van der Waals surface area contributed by atoms with Gasteiger partial charge in [0.05, 0.1) is 6.04 Å². The Bertz CT molecular complexity index is 1130. The summed E-state index contributed by atoms with van der Waals surface area (Å²) >= 11 is 5.96. The lowest BCUT2D eigenvalue weighted by atomic mass is 9.90. The molecule has 1 atom stereocenters. The summed E-state index contributed by atoms with van der Waals surface area (Å²) in [6.45, 7) is 0. The van der Waals surface area contributed by atoms with E-state index in [9.17, 15) is 14.4 Å². The fourth-order valence-electron chi connectivity index (χ4n) is 3.43. The third-order valence-corrected chi connectivity index (χ3v) is 4.96. The van der Waals surface area contributed by atoms with Crippen molar-refractivity contribution in [3.05, 3.63) is 68.3 Å². The zero-order chi connectivity index (χ0) is 19.1. The van der Waals surface area contributed by atoms with Gasteiger partial charge in [0.25, 0.3) is 17.4 Å². The summed E-state index contributed by atoms with van der Waals surface area (Å²) < 4.78 is 5.59. The highest BCUT2D eigenvalue weighted by molar-refractivity contribution is 6.31. The molecule has 1 unspecified atom stereocenters. The molecule has 8 heteroatoms. The van der Waals surface area contributed by atoms with E-state index in [0.29, 0.717) is 34.7 Å². The van der Waals surface area contributed by atoms with Crippen LogP contribution in [0.2, 0.25) is 5.02 Å². The molecular formula is C19H16ClN3O4. The number of H-pyrrole nitrogens is 1. The summed E-state index contributed by atoms with van der Waals surface area (Å²) in [5.74, 6) is -1.02. The van der Waals surface area contributed by atoms with E-state index in [-0.39, 0.29) is 23.3 Å². The number of benzene rings is 1. The molecule has 0 saturated heterocycles. The van der Waals surface area contributed by atoms with Crippen LogP contribution in [0.25, 0.3) is 11.0 Å². The largest absolute Gasteiger partial charge is 0.451 e. The van der Waals surface area contributed by atoms with Crippen LogP contribution in [0.15, 0.2) is 39.5 Å². The van der Waals surface area contributed by atoms with Crippen LogP contribution in [0.4, 0.5) is 0 Å². The van der Waals surface area contributed by atoms with Crippen LogP contribution in [0.1, 0.15) is 51.1 Å². The summed E-state index contributed by atoms with van der Waals surface area (Å²) in [4.78, 5) is 38.8. The summed E-state index contributed by atoms with van der Waals surface area (Å²) in [5, 5.41) is 4.20. The second kappa shape index (κ2) is 6.59. The number of aryl methyl sites for hydroxylation is 1. The predicted molar refractivity (Wildman–Crippen MR) is 99.9 cm³/mol. The first-order chi connectivity index (χ1) is 12.9. The topological polar surface area (TPSA) is 118 Å². The lowest BCUT2D eigenvalue weighted by molar-refractivity contribution is 0.0906. The zero-order valence-electron chi connectivity index (χ0n) is 14.2. The predicted octanol–water partition coefficient (Wildman–Crippen LogP) is 2.68. The number of amides is 2. The van der Waals surface area contributed by atoms with Crippen LogP contribution in [-0.2, 0) is 6.42 Å². The first-order valence-electron chi connectivity index (χ1n) is 8.48. The number of hydrogen-bond donors (Lipinski definition) is 3. The smallest absolute Gasteiger partial charge is 0.287 e. The molecule has 0 aliphatic heterocycles. The Balaban J connectivity index is 1.65. The second-order valence-corrected chi connectivity index (χ2v) is 6.96. The van der Waals surface area contributed by atoms with Crippen LogP contribution in [0, 0.1) is 0 Å². The highest BCUT2D eigenvalue weighted by Crippen LogP contribution is 2.29. The summed E-state index contributed by atoms with van der Waals surface area (Å²) in [5.41, 5.74) is 6.61. The van der Waals surface area contributed by atoms with Crippen molar-refractivity contribution >= 4 is 34.4 Å². The number of carbonyl (C=O) groups excluding carboxylic acids is 2. The molecule has 0 radical (unpaired) electrons. The van der Waals surface area contributed by atoms with Gasteiger partial charge in [-0.15, -0.1) is 0 Å². The van der Waals surface area contributed by atoms with Crippen molar-refractivity contribution in [2.45, 2.75) is 25.3 Å². The minimum atomic E-state index is -0.802. The van der Waals surface area contributed by atoms with Crippen molar-refractivity contribution < 1.29 is 14.0 Å². The number of aromatic nitrogens is 1. The van der Waals surface area contributed by atoms with E-state index in [4.69, 9.17) is 21.8 Å². The van der Waals surface area contributed by atoms with Gasteiger partial charge in [-0.1, -0.05) is 11.6 Å². The van der Waals surface area contributed by atoms with Gasteiger partial charge in [-0.2, -0.15) is 0 Å². The maximum Gasteiger partial charge on any atom is 0.287 e. The number of nitrogens with one attached hydrogen (secondary N) is 2. The Labute approximate surface area is 158 Å². The Kier molecular flexibility index (Phi) is 4.24. The lowest BCUT2D eigenvalue weighted by Gasteiger charge is -2.26. The Morgan fingerprint density at radius 1 is 1.26 bits per heavy atom. The highest BCUT2D eigenvalue weighted by atomic mass is 35.5. The van der Waals surface area contributed by atoms with E-state index in [1.165, 1.54) is 6.07 Å². The maximum absolute atomic E-state index is 12.7. The fourth-order valence-corrected chi connectivity index (χ4v) is 3.61. The van der Waals surface area contributed by atoms with Gasteiger partial charge in [-0.3, -0.25) is 14.4 Å². The van der Waals surface area contributed by atoms with Gasteiger partial charge in [-0.05, 0) is 55.2 Å². The molecule has 0 saturated carbocycles. The maximum atomic E-state index is 12.7. The number of pyridine rings is 1. The number of carbonyl (C=O) groups is 2. The molecule has 27 heavy (non-hydrogen) atoms. The molecular weight excluding hydrogens is 370 g/mol. The summed E-state index contributed by atoms with van der Waals surface area (Å²) in [7, 11) is 0. The molecule has 7 nitrogen and oxygen atoms in total. The van der Waals surface area contributed by atoms with E-state index < -0.39 is 11.5 Å². The molecule has 4 N–H and O–H groups in total. The number of nitrogens with two attached hydrogens (primary N) is 1. The SMILES string of the molecule is NC(=O)c1cc2c([nH]c1=O)CCCC2NC(=O)c1cc2cc(Cl)ccc2o1. The number of furan rings is 1. The average Bonchev–Trinajstić information content (AvgIpc) is 3.04. The van der Waals surface area contributed by atoms with E-state index in [0.717, 1.165) is 11.8 Å². The minimum Gasteiger partial charge on any atom is -0.451 e. The minimum absolute atomic E-state index is 0.117. The molecule has 1 aromatic carbocycles. The van der Waals surface area contributed by atoms with E-state index in [2.05, 4.69) is 10.3 Å². The molecule has 138 valence electrons. The van der Waals surface area contributed by atoms with Crippen molar-refractivity contribution in [1.82, 2.24) is 10.3 Å². The first-order valence-corrected chi connectivity index (χ1v) is 8.86. The van der Waals surface area contributed by atoms with Crippen LogP contribution < -0.4 is 16.6 Å². The first kappa shape index (κ1) is 17.4. The third kappa shape index (κ3) is 3.21. The number of rotatable bonds is 3. The van der Waals surface area contributed by atoms with Gasteiger partial charge in [-0.25, -0.2) is 0 Å². The Hall–Kier alpha value is -3.06. The van der Waals surface area contributed by atoms with Gasteiger partial charge in [0, 0.05) is 16.1 Å². The fraction of sp³-hybridized carbons (Fsp3) is 0.211.